The molecule has 3 rings (SSSR count). The lowest BCUT2D eigenvalue weighted by Crippen LogP contribution is -2.20. The van der Waals surface area contributed by atoms with Crippen molar-refractivity contribution in [2.24, 2.45) is 11.3 Å². The molecule has 2 heteroatoms. The third kappa shape index (κ3) is 2.07. The lowest BCUT2D eigenvalue weighted by molar-refractivity contribution is 0.517. The van der Waals surface area contributed by atoms with E-state index in [9.17, 15) is 4.39 Å². The van der Waals surface area contributed by atoms with Crippen LogP contribution in [0.25, 0.3) is 0 Å². The van der Waals surface area contributed by atoms with Gasteiger partial charge in [-0.2, -0.15) is 0 Å². The van der Waals surface area contributed by atoms with Gasteiger partial charge in [0, 0.05) is 6.04 Å². The van der Waals surface area contributed by atoms with Gasteiger partial charge in [-0.15, -0.1) is 0 Å². The average Bonchev–Trinajstić information content (AvgIpc) is 3.18. The molecular formula is C16H22FN. The van der Waals surface area contributed by atoms with Gasteiger partial charge in [-0.1, -0.05) is 26.0 Å². The summed E-state index contributed by atoms with van der Waals surface area (Å²) in [6, 6.07) is 6.50. The van der Waals surface area contributed by atoms with Crippen LogP contribution in [-0.4, -0.2) is 12.6 Å². The summed E-state index contributed by atoms with van der Waals surface area (Å²) in [4.78, 5) is 0. The molecular weight excluding hydrogens is 225 g/mol. The molecule has 2 saturated carbocycles. The molecule has 2 atom stereocenters. The average molecular weight is 247 g/mol. The largest absolute Gasteiger partial charge is 0.314 e. The smallest absolute Gasteiger partial charge is 0.126 e. The minimum absolute atomic E-state index is 0.0656. The molecule has 0 bridgehead atoms. The van der Waals surface area contributed by atoms with Crippen LogP contribution < -0.4 is 5.32 Å². The van der Waals surface area contributed by atoms with Crippen molar-refractivity contribution < 1.29 is 4.39 Å². The van der Waals surface area contributed by atoms with Crippen molar-refractivity contribution in [1.82, 2.24) is 5.32 Å². The lowest BCUT2D eigenvalue weighted by Gasteiger charge is -2.04. The van der Waals surface area contributed by atoms with Crippen molar-refractivity contribution >= 4 is 0 Å². The van der Waals surface area contributed by atoms with Crippen LogP contribution in [0.3, 0.4) is 0 Å². The Hall–Kier alpha value is -0.890. The van der Waals surface area contributed by atoms with E-state index in [2.05, 4.69) is 25.2 Å². The normalized spacial score (nSPS) is 29.3. The van der Waals surface area contributed by atoms with E-state index in [1.165, 1.54) is 18.4 Å². The van der Waals surface area contributed by atoms with E-state index in [4.69, 9.17) is 0 Å². The van der Waals surface area contributed by atoms with Gasteiger partial charge in [0.1, 0.15) is 5.82 Å². The SMILES string of the molecule is Cc1ccc(C2C(CNC3CC3)C2(C)C)cc1F. The highest BCUT2D eigenvalue weighted by molar-refractivity contribution is 5.34. The molecule has 0 aromatic heterocycles. The molecule has 18 heavy (non-hydrogen) atoms. The van der Waals surface area contributed by atoms with Crippen LogP contribution in [0, 0.1) is 24.1 Å². The number of hydrogen-bond acceptors (Lipinski definition) is 1. The van der Waals surface area contributed by atoms with Gasteiger partial charge in [-0.05, 0) is 60.8 Å². The van der Waals surface area contributed by atoms with Crippen LogP contribution in [0.15, 0.2) is 18.2 Å². The molecule has 0 saturated heterocycles. The summed E-state index contributed by atoms with van der Waals surface area (Å²) in [5.74, 6) is 1.10. The first kappa shape index (κ1) is 12.2. The molecule has 2 aliphatic carbocycles. The fraction of sp³-hybridized carbons (Fsp3) is 0.625. The van der Waals surface area contributed by atoms with Crippen LogP contribution in [-0.2, 0) is 0 Å². The summed E-state index contributed by atoms with van der Waals surface area (Å²) in [5, 5.41) is 3.61. The Bertz CT molecular complexity index is 462. The maximum atomic E-state index is 13.7. The lowest BCUT2D eigenvalue weighted by atomic mass is 10.0. The van der Waals surface area contributed by atoms with E-state index in [-0.39, 0.29) is 5.82 Å². The first-order chi connectivity index (χ1) is 8.50. The van der Waals surface area contributed by atoms with Crippen LogP contribution in [0.4, 0.5) is 4.39 Å². The van der Waals surface area contributed by atoms with Crippen LogP contribution >= 0.6 is 0 Å². The van der Waals surface area contributed by atoms with Gasteiger partial charge >= 0.3 is 0 Å². The fourth-order valence-corrected chi connectivity index (χ4v) is 3.17. The predicted molar refractivity (Wildman–Crippen MR) is 72.2 cm³/mol. The maximum Gasteiger partial charge on any atom is 0.126 e. The molecule has 0 radical (unpaired) electrons. The minimum Gasteiger partial charge on any atom is -0.314 e. The highest BCUT2D eigenvalue weighted by atomic mass is 19.1. The Labute approximate surface area is 109 Å². The van der Waals surface area contributed by atoms with E-state index < -0.39 is 0 Å². The van der Waals surface area contributed by atoms with Gasteiger partial charge in [0.25, 0.3) is 0 Å². The van der Waals surface area contributed by atoms with Crippen molar-refractivity contribution in [2.75, 3.05) is 6.54 Å². The van der Waals surface area contributed by atoms with Gasteiger partial charge in [-0.3, -0.25) is 0 Å². The quantitative estimate of drug-likeness (QED) is 0.856. The number of nitrogens with one attached hydrogen (secondary N) is 1. The Balaban J connectivity index is 1.72. The van der Waals surface area contributed by atoms with Crippen LogP contribution in [0.1, 0.15) is 43.7 Å². The van der Waals surface area contributed by atoms with Crippen LogP contribution in [0.5, 0.6) is 0 Å². The zero-order chi connectivity index (χ0) is 12.9. The van der Waals surface area contributed by atoms with Crippen molar-refractivity contribution in [1.29, 1.82) is 0 Å². The summed E-state index contributed by atoms with van der Waals surface area (Å²) in [7, 11) is 0. The summed E-state index contributed by atoms with van der Waals surface area (Å²) >= 11 is 0. The maximum absolute atomic E-state index is 13.7. The van der Waals surface area contributed by atoms with E-state index in [1.807, 2.05) is 13.0 Å². The number of halogens is 1. The molecule has 1 aromatic carbocycles. The van der Waals surface area contributed by atoms with Crippen molar-refractivity contribution in [3.63, 3.8) is 0 Å². The molecule has 0 heterocycles. The molecule has 2 unspecified atom stereocenters. The second-order valence-electron chi connectivity index (χ2n) is 6.60. The third-order valence-electron chi connectivity index (χ3n) is 4.81. The Kier molecular flexibility index (Phi) is 2.74. The molecule has 2 fully saturated rings. The van der Waals surface area contributed by atoms with Crippen molar-refractivity contribution in [2.45, 2.75) is 45.6 Å². The van der Waals surface area contributed by atoms with E-state index in [0.29, 0.717) is 17.3 Å². The predicted octanol–water partition coefficient (Wildman–Crippen LogP) is 3.63. The number of rotatable bonds is 4. The molecule has 98 valence electrons. The van der Waals surface area contributed by atoms with Crippen molar-refractivity contribution in [3.05, 3.63) is 35.1 Å². The molecule has 0 amide bonds. The van der Waals surface area contributed by atoms with Gasteiger partial charge < -0.3 is 5.32 Å². The van der Waals surface area contributed by atoms with Gasteiger partial charge in [0.2, 0.25) is 0 Å². The van der Waals surface area contributed by atoms with E-state index >= 15 is 0 Å². The Morgan fingerprint density at radius 2 is 2.06 bits per heavy atom. The summed E-state index contributed by atoms with van der Waals surface area (Å²) in [6.07, 6.45) is 2.66. The first-order valence-corrected chi connectivity index (χ1v) is 6.99. The van der Waals surface area contributed by atoms with Crippen molar-refractivity contribution in [3.8, 4) is 0 Å². The molecule has 0 aliphatic heterocycles. The summed E-state index contributed by atoms with van der Waals surface area (Å²) in [5.41, 5.74) is 2.22. The van der Waals surface area contributed by atoms with Gasteiger partial charge in [0.15, 0.2) is 0 Å². The summed E-state index contributed by atoms with van der Waals surface area (Å²) in [6.45, 7) is 7.50. The van der Waals surface area contributed by atoms with Gasteiger partial charge in [0.05, 0.1) is 0 Å². The van der Waals surface area contributed by atoms with E-state index in [0.717, 1.165) is 18.2 Å². The monoisotopic (exact) mass is 247 g/mol. The second kappa shape index (κ2) is 4.06. The molecule has 2 aliphatic rings. The number of hydrogen-bond donors (Lipinski definition) is 1. The first-order valence-electron chi connectivity index (χ1n) is 6.99. The zero-order valence-corrected chi connectivity index (χ0v) is 11.5. The molecule has 1 aromatic rings. The molecule has 1 nitrogen and oxygen atoms in total. The summed E-state index contributed by atoms with van der Waals surface area (Å²) < 4.78 is 13.7. The fourth-order valence-electron chi connectivity index (χ4n) is 3.17. The van der Waals surface area contributed by atoms with E-state index in [1.54, 1.807) is 6.07 Å². The molecule has 1 N–H and O–H groups in total. The Morgan fingerprint density at radius 1 is 1.33 bits per heavy atom. The number of benzene rings is 1. The van der Waals surface area contributed by atoms with Gasteiger partial charge in [-0.25, -0.2) is 4.39 Å². The Morgan fingerprint density at radius 3 is 2.67 bits per heavy atom. The second-order valence-corrected chi connectivity index (χ2v) is 6.60. The third-order valence-corrected chi connectivity index (χ3v) is 4.81. The zero-order valence-electron chi connectivity index (χ0n) is 11.5. The number of aryl methyl sites for hydroxylation is 1. The standard InChI is InChI=1S/C16H22FN/c1-10-4-5-11(8-14(10)17)15-13(16(15,2)3)9-18-12-6-7-12/h4-5,8,12-13,15,18H,6-7,9H2,1-3H3. The molecule has 0 spiro atoms. The highest BCUT2D eigenvalue weighted by Crippen LogP contribution is 2.64. The van der Waals surface area contributed by atoms with Crippen LogP contribution in [0.2, 0.25) is 0 Å². The topological polar surface area (TPSA) is 12.0 Å². The highest BCUT2D eigenvalue weighted by Gasteiger charge is 2.57. The minimum atomic E-state index is -0.0656.